The molecule has 1 heterocycles. The van der Waals surface area contributed by atoms with Crippen LogP contribution < -0.4 is 15.4 Å². The number of rotatable bonds is 9. The molecule has 10 heteroatoms. The first-order valence-electron chi connectivity index (χ1n) is 9.61. The summed E-state index contributed by atoms with van der Waals surface area (Å²) < 4.78 is 6.89. The molecule has 2 amide bonds. The van der Waals surface area contributed by atoms with Gasteiger partial charge in [-0.05, 0) is 29.8 Å². The second kappa shape index (κ2) is 11.4. The molecule has 0 aliphatic rings. The number of benzene rings is 2. The fourth-order valence-corrected chi connectivity index (χ4v) is 3.58. The molecule has 0 atom stereocenters. The Bertz CT molecular complexity index is 1130. The van der Waals surface area contributed by atoms with Crippen molar-refractivity contribution >= 4 is 46.9 Å². The van der Waals surface area contributed by atoms with Gasteiger partial charge in [0.15, 0.2) is 11.0 Å². The van der Waals surface area contributed by atoms with Gasteiger partial charge in [-0.1, -0.05) is 47.6 Å². The SMILES string of the molecule is COc1cccc(NC(=O)CSc2nnc(CNC(=O)C=Cc3ccccc3Cl)n2C)c1. The first-order chi connectivity index (χ1) is 15.5. The number of carbonyl (C=O) groups is 2. The van der Waals surface area contributed by atoms with E-state index in [1.165, 1.54) is 17.8 Å². The minimum atomic E-state index is -0.278. The molecule has 3 aromatic rings. The van der Waals surface area contributed by atoms with Crippen molar-refractivity contribution in [2.75, 3.05) is 18.2 Å². The Balaban J connectivity index is 1.48. The largest absolute Gasteiger partial charge is 0.497 e. The molecule has 0 aliphatic carbocycles. The topological polar surface area (TPSA) is 98.1 Å². The zero-order valence-electron chi connectivity index (χ0n) is 17.5. The molecule has 0 spiro atoms. The van der Waals surface area contributed by atoms with Crippen LogP contribution in [-0.4, -0.2) is 39.4 Å². The number of nitrogens with zero attached hydrogens (tertiary/aromatic N) is 3. The highest BCUT2D eigenvalue weighted by molar-refractivity contribution is 7.99. The van der Waals surface area contributed by atoms with Gasteiger partial charge < -0.3 is 19.9 Å². The lowest BCUT2D eigenvalue weighted by Gasteiger charge is -2.07. The molecule has 8 nitrogen and oxygen atoms in total. The van der Waals surface area contributed by atoms with E-state index < -0.39 is 0 Å². The molecule has 0 bridgehead atoms. The fraction of sp³-hybridized carbons (Fsp3) is 0.182. The van der Waals surface area contributed by atoms with Crippen LogP contribution in [0.1, 0.15) is 11.4 Å². The van der Waals surface area contributed by atoms with Crippen LogP contribution in [0.25, 0.3) is 6.08 Å². The number of thioether (sulfide) groups is 1. The third-order valence-corrected chi connectivity index (χ3v) is 5.72. The highest BCUT2D eigenvalue weighted by Crippen LogP contribution is 2.19. The highest BCUT2D eigenvalue weighted by Gasteiger charge is 2.12. The summed E-state index contributed by atoms with van der Waals surface area (Å²) in [6.45, 7) is 0.200. The van der Waals surface area contributed by atoms with Gasteiger partial charge in [0.2, 0.25) is 11.8 Å². The van der Waals surface area contributed by atoms with Crippen LogP contribution >= 0.6 is 23.4 Å². The molecule has 0 saturated heterocycles. The molecule has 32 heavy (non-hydrogen) atoms. The van der Waals surface area contributed by atoms with Crippen molar-refractivity contribution in [3.05, 3.63) is 71.0 Å². The molecule has 0 fully saturated rings. The van der Waals surface area contributed by atoms with Crippen LogP contribution in [0.3, 0.4) is 0 Å². The summed E-state index contributed by atoms with van der Waals surface area (Å²) in [5, 5.41) is 14.9. The Hall–Kier alpha value is -3.30. The van der Waals surface area contributed by atoms with Crippen molar-refractivity contribution in [3.8, 4) is 5.75 Å². The van der Waals surface area contributed by atoms with Gasteiger partial charge in [-0.3, -0.25) is 9.59 Å². The highest BCUT2D eigenvalue weighted by atomic mass is 35.5. The zero-order valence-corrected chi connectivity index (χ0v) is 19.1. The fourth-order valence-electron chi connectivity index (χ4n) is 2.65. The molecular weight excluding hydrogens is 450 g/mol. The quantitative estimate of drug-likeness (QED) is 0.366. The molecule has 1 aromatic heterocycles. The summed E-state index contributed by atoms with van der Waals surface area (Å²) in [5.41, 5.74) is 1.41. The number of hydrogen-bond acceptors (Lipinski definition) is 6. The molecule has 0 aliphatic heterocycles. The number of halogens is 1. The molecule has 166 valence electrons. The van der Waals surface area contributed by atoms with Crippen LogP contribution in [0.15, 0.2) is 59.8 Å². The summed E-state index contributed by atoms with van der Waals surface area (Å²) in [7, 11) is 3.35. The molecule has 0 saturated carbocycles. The second-order valence-corrected chi connectivity index (χ2v) is 7.95. The van der Waals surface area contributed by atoms with Crippen molar-refractivity contribution in [2.45, 2.75) is 11.7 Å². The first kappa shape index (κ1) is 23.4. The van der Waals surface area contributed by atoms with E-state index in [9.17, 15) is 9.59 Å². The van der Waals surface area contributed by atoms with Crippen molar-refractivity contribution in [1.82, 2.24) is 20.1 Å². The van der Waals surface area contributed by atoms with Crippen molar-refractivity contribution in [2.24, 2.45) is 7.05 Å². The van der Waals surface area contributed by atoms with Gasteiger partial charge in [-0.25, -0.2) is 0 Å². The number of hydrogen-bond donors (Lipinski definition) is 2. The smallest absolute Gasteiger partial charge is 0.244 e. The van der Waals surface area contributed by atoms with Gasteiger partial charge >= 0.3 is 0 Å². The van der Waals surface area contributed by atoms with Gasteiger partial charge in [0.1, 0.15) is 5.75 Å². The van der Waals surface area contributed by atoms with Gasteiger partial charge in [-0.15, -0.1) is 10.2 Å². The minimum Gasteiger partial charge on any atom is -0.497 e. The maximum atomic E-state index is 12.2. The summed E-state index contributed by atoms with van der Waals surface area (Å²) in [6.07, 6.45) is 3.06. The molecular formula is C22H22ClN5O3S. The van der Waals surface area contributed by atoms with Gasteiger partial charge in [0.25, 0.3) is 0 Å². The standard InChI is InChI=1S/C22H22ClN5O3S/c1-28-19(13-24-20(29)11-10-15-6-3-4-9-18(15)23)26-27-22(28)32-14-21(30)25-16-7-5-8-17(12-16)31-2/h3-12H,13-14H2,1-2H3,(H,24,29)(H,25,30). The number of ether oxygens (including phenoxy) is 1. The Morgan fingerprint density at radius 3 is 2.78 bits per heavy atom. The van der Waals surface area contributed by atoms with Crippen molar-refractivity contribution in [3.63, 3.8) is 0 Å². The van der Waals surface area contributed by atoms with Crippen LogP contribution in [0, 0.1) is 0 Å². The number of aromatic nitrogens is 3. The zero-order chi connectivity index (χ0) is 22.9. The van der Waals surface area contributed by atoms with Crippen LogP contribution in [-0.2, 0) is 23.2 Å². The van der Waals surface area contributed by atoms with E-state index in [-0.39, 0.29) is 24.1 Å². The Morgan fingerprint density at radius 2 is 2.00 bits per heavy atom. The molecule has 0 radical (unpaired) electrons. The van der Waals surface area contributed by atoms with Crippen LogP contribution in [0.2, 0.25) is 5.02 Å². The van der Waals surface area contributed by atoms with Crippen molar-refractivity contribution in [1.29, 1.82) is 0 Å². The van der Waals surface area contributed by atoms with Crippen LogP contribution in [0.4, 0.5) is 5.69 Å². The number of carbonyl (C=O) groups excluding carboxylic acids is 2. The van der Waals surface area contributed by atoms with Crippen LogP contribution in [0.5, 0.6) is 5.75 Å². The summed E-state index contributed by atoms with van der Waals surface area (Å²) in [4.78, 5) is 24.3. The molecule has 3 rings (SSSR count). The molecule has 0 unspecified atom stereocenters. The van der Waals surface area contributed by atoms with E-state index in [1.807, 2.05) is 18.2 Å². The van der Waals surface area contributed by atoms with E-state index in [0.717, 1.165) is 5.56 Å². The Morgan fingerprint density at radius 1 is 1.19 bits per heavy atom. The summed E-state index contributed by atoms with van der Waals surface area (Å²) >= 11 is 7.33. The van der Waals surface area contributed by atoms with Gasteiger partial charge in [0, 0.05) is 29.9 Å². The third-order valence-electron chi connectivity index (χ3n) is 4.35. The van der Waals surface area contributed by atoms with E-state index in [4.69, 9.17) is 16.3 Å². The lowest BCUT2D eigenvalue weighted by Crippen LogP contribution is -2.22. The van der Waals surface area contributed by atoms with Gasteiger partial charge in [-0.2, -0.15) is 0 Å². The molecule has 2 aromatic carbocycles. The Labute approximate surface area is 195 Å². The van der Waals surface area contributed by atoms with E-state index >= 15 is 0 Å². The lowest BCUT2D eigenvalue weighted by atomic mass is 10.2. The molecule has 2 N–H and O–H groups in total. The predicted molar refractivity (Wildman–Crippen MR) is 126 cm³/mol. The van der Waals surface area contributed by atoms with E-state index in [1.54, 1.807) is 55.1 Å². The summed E-state index contributed by atoms with van der Waals surface area (Å²) in [5.74, 6) is 0.943. The van der Waals surface area contributed by atoms with Gasteiger partial charge in [0.05, 0.1) is 19.4 Å². The minimum absolute atomic E-state index is 0.163. The average Bonchev–Trinajstić information content (AvgIpc) is 3.15. The summed E-state index contributed by atoms with van der Waals surface area (Å²) in [6, 6.07) is 14.4. The monoisotopic (exact) mass is 471 g/mol. The maximum Gasteiger partial charge on any atom is 0.244 e. The normalized spacial score (nSPS) is 10.8. The maximum absolute atomic E-state index is 12.2. The number of nitrogens with one attached hydrogen (secondary N) is 2. The number of methoxy groups -OCH3 is 1. The number of amides is 2. The Kier molecular flexibility index (Phi) is 8.29. The predicted octanol–water partition coefficient (Wildman–Crippen LogP) is 3.54. The van der Waals surface area contributed by atoms with E-state index in [0.29, 0.717) is 27.4 Å². The third kappa shape index (κ3) is 6.60. The van der Waals surface area contributed by atoms with Crippen molar-refractivity contribution < 1.29 is 14.3 Å². The average molecular weight is 472 g/mol. The van der Waals surface area contributed by atoms with E-state index in [2.05, 4.69) is 20.8 Å². The lowest BCUT2D eigenvalue weighted by molar-refractivity contribution is -0.116. The number of anilines is 1. The first-order valence-corrected chi connectivity index (χ1v) is 11.0. The second-order valence-electron chi connectivity index (χ2n) is 6.60.